The third kappa shape index (κ3) is 3.36. The molecule has 0 radical (unpaired) electrons. The van der Waals surface area contributed by atoms with E-state index in [1.165, 1.54) is 0 Å². The van der Waals surface area contributed by atoms with E-state index < -0.39 is 5.91 Å². The van der Waals surface area contributed by atoms with Crippen LogP contribution < -0.4 is 16.4 Å². The SMILES string of the molecule is NC(=O)CCNC(=O)[C@H]1[C@H](C(=O)NCc2ccc(Br)cc2)[C@@H]2C=C[C@H]1C21CC1. The van der Waals surface area contributed by atoms with E-state index in [-0.39, 0.29) is 53.9 Å². The van der Waals surface area contributed by atoms with E-state index in [4.69, 9.17) is 5.73 Å². The molecule has 4 rings (SSSR count). The van der Waals surface area contributed by atoms with Crippen LogP contribution in [0.2, 0.25) is 0 Å². The van der Waals surface area contributed by atoms with E-state index in [1.807, 2.05) is 24.3 Å². The van der Waals surface area contributed by atoms with Crippen molar-refractivity contribution in [3.05, 3.63) is 46.5 Å². The van der Waals surface area contributed by atoms with Gasteiger partial charge in [0.05, 0.1) is 11.8 Å². The summed E-state index contributed by atoms with van der Waals surface area (Å²) < 4.78 is 0.990. The van der Waals surface area contributed by atoms with Crippen molar-refractivity contribution < 1.29 is 14.4 Å². The molecule has 3 aliphatic carbocycles. The minimum atomic E-state index is -0.449. The van der Waals surface area contributed by atoms with Crippen LogP contribution in [0.25, 0.3) is 0 Å². The van der Waals surface area contributed by atoms with E-state index in [9.17, 15) is 14.4 Å². The monoisotopic (exact) mass is 445 g/mol. The number of halogens is 1. The molecule has 2 bridgehead atoms. The van der Waals surface area contributed by atoms with Gasteiger partial charge in [0.25, 0.3) is 0 Å². The van der Waals surface area contributed by atoms with Gasteiger partial charge in [-0.1, -0.05) is 40.2 Å². The number of amides is 3. The summed E-state index contributed by atoms with van der Waals surface area (Å²) >= 11 is 3.41. The highest BCUT2D eigenvalue weighted by molar-refractivity contribution is 9.10. The molecule has 4 N–H and O–H groups in total. The van der Waals surface area contributed by atoms with Crippen molar-refractivity contribution >= 4 is 33.7 Å². The van der Waals surface area contributed by atoms with E-state index in [1.54, 1.807) is 0 Å². The minimum absolute atomic E-state index is 0.0684. The first-order valence-electron chi connectivity index (χ1n) is 9.69. The second-order valence-electron chi connectivity index (χ2n) is 8.07. The van der Waals surface area contributed by atoms with Crippen LogP contribution in [0.15, 0.2) is 40.9 Å². The van der Waals surface area contributed by atoms with Crippen LogP contribution in [0, 0.1) is 29.1 Å². The molecule has 0 saturated heterocycles. The van der Waals surface area contributed by atoms with Gasteiger partial charge in [0.15, 0.2) is 0 Å². The molecule has 7 heteroatoms. The van der Waals surface area contributed by atoms with E-state index in [0.29, 0.717) is 6.54 Å². The number of allylic oxidation sites excluding steroid dienone is 2. The summed E-state index contributed by atoms with van der Waals surface area (Å²) in [5, 5.41) is 5.84. The molecule has 1 aromatic rings. The zero-order chi connectivity index (χ0) is 19.9. The van der Waals surface area contributed by atoms with Gasteiger partial charge in [0.2, 0.25) is 17.7 Å². The van der Waals surface area contributed by atoms with E-state index in [2.05, 4.69) is 38.7 Å². The molecule has 28 heavy (non-hydrogen) atoms. The van der Waals surface area contributed by atoms with Gasteiger partial charge >= 0.3 is 0 Å². The Kier molecular flexibility index (Phi) is 5.04. The summed E-state index contributed by atoms with van der Waals surface area (Å²) in [5.41, 5.74) is 6.26. The van der Waals surface area contributed by atoms with Gasteiger partial charge in [0, 0.05) is 24.0 Å². The number of carbonyl (C=O) groups is 3. The largest absolute Gasteiger partial charge is 0.370 e. The summed E-state index contributed by atoms with van der Waals surface area (Å²) in [5.74, 6) is -1.18. The molecule has 1 aromatic carbocycles. The fraction of sp³-hybridized carbons (Fsp3) is 0.476. The Hall–Kier alpha value is -2.15. The number of hydrogen-bond acceptors (Lipinski definition) is 3. The smallest absolute Gasteiger partial charge is 0.224 e. The Morgan fingerprint density at radius 1 is 1.00 bits per heavy atom. The number of nitrogens with two attached hydrogens (primary N) is 1. The lowest BCUT2D eigenvalue weighted by atomic mass is 9.81. The summed E-state index contributed by atoms with van der Waals surface area (Å²) in [6.45, 7) is 0.652. The molecule has 4 atom stereocenters. The first-order chi connectivity index (χ1) is 13.4. The van der Waals surface area contributed by atoms with E-state index >= 15 is 0 Å². The molecular formula is C21H24BrN3O3. The van der Waals surface area contributed by atoms with Gasteiger partial charge in [-0.3, -0.25) is 14.4 Å². The number of nitrogens with one attached hydrogen (secondary N) is 2. The standard InChI is InChI=1S/C21H24BrN3O3/c22-13-3-1-12(2-4-13)11-25-20(28)18-15-6-5-14(21(15)8-9-21)17(18)19(27)24-10-7-16(23)26/h1-6,14-15,17-18H,7-11H2,(H2,23,26)(H,24,27)(H,25,28)/t14-,15+,17-,18-/m1/s1. The maximum atomic E-state index is 13.1. The van der Waals surface area contributed by atoms with Crippen molar-refractivity contribution in [1.82, 2.24) is 10.6 Å². The lowest BCUT2D eigenvalue weighted by Crippen LogP contribution is -2.44. The first kappa shape index (κ1) is 19.2. The quantitative estimate of drug-likeness (QED) is 0.558. The maximum Gasteiger partial charge on any atom is 0.224 e. The van der Waals surface area contributed by atoms with Crippen molar-refractivity contribution in [2.45, 2.75) is 25.8 Å². The molecule has 2 fully saturated rings. The molecule has 1 spiro atoms. The summed E-state index contributed by atoms with van der Waals surface area (Å²) in [6, 6.07) is 7.80. The third-order valence-electron chi connectivity index (χ3n) is 6.50. The summed E-state index contributed by atoms with van der Waals surface area (Å²) in [4.78, 5) is 36.9. The highest BCUT2D eigenvalue weighted by atomic mass is 79.9. The lowest BCUT2D eigenvalue weighted by molar-refractivity contribution is -0.135. The fourth-order valence-corrected chi connectivity index (χ4v) is 5.31. The molecule has 0 aromatic heterocycles. The Morgan fingerprint density at radius 2 is 1.57 bits per heavy atom. The topological polar surface area (TPSA) is 101 Å². The second-order valence-corrected chi connectivity index (χ2v) is 8.99. The molecule has 148 valence electrons. The molecule has 0 aliphatic heterocycles. The molecule has 6 nitrogen and oxygen atoms in total. The highest BCUT2D eigenvalue weighted by Gasteiger charge is 2.69. The predicted molar refractivity (Wildman–Crippen MR) is 108 cm³/mol. The maximum absolute atomic E-state index is 13.1. The van der Waals surface area contributed by atoms with Crippen LogP contribution >= 0.6 is 15.9 Å². The zero-order valence-electron chi connectivity index (χ0n) is 15.5. The normalized spacial score (nSPS) is 28.3. The van der Waals surface area contributed by atoms with E-state index in [0.717, 1.165) is 22.9 Å². The Balaban J connectivity index is 1.46. The minimum Gasteiger partial charge on any atom is -0.370 e. The molecular weight excluding hydrogens is 422 g/mol. The van der Waals surface area contributed by atoms with Gasteiger partial charge < -0.3 is 16.4 Å². The Bertz CT molecular complexity index is 832. The van der Waals surface area contributed by atoms with Crippen molar-refractivity contribution in [3.63, 3.8) is 0 Å². The summed E-state index contributed by atoms with van der Waals surface area (Å²) in [7, 11) is 0. The average molecular weight is 446 g/mol. The zero-order valence-corrected chi connectivity index (χ0v) is 17.1. The van der Waals surface area contributed by atoms with Crippen LogP contribution in [0.5, 0.6) is 0 Å². The molecule has 0 heterocycles. The van der Waals surface area contributed by atoms with Gasteiger partial charge in [-0.2, -0.15) is 0 Å². The number of carbonyl (C=O) groups excluding carboxylic acids is 3. The number of hydrogen-bond donors (Lipinski definition) is 3. The van der Waals surface area contributed by atoms with Crippen molar-refractivity contribution in [1.29, 1.82) is 0 Å². The van der Waals surface area contributed by atoms with Gasteiger partial charge in [-0.15, -0.1) is 0 Å². The second kappa shape index (κ2) is 7.35. The fourth-order valence-electron chi connectivity index (χ4n) is 5.05. The number of primary amides is 1. The van der Waals surface area contributed by atoms with Crippen molar-refractivity contribution in [3.8, 4) is 0 Å². The molecule has 2 saturated carbocycles. The molecule has 0 unspecified atom stereocenters. The average Bonchev–Trinajstić information content (AvgIpc) is 3.33. The predicted octanol–water partition coefficient (Wildman–Crippen LogP) is 1.89. The van der Waals surface area contributed by atoms with Crippen LogP contribution in [-0.4, -0.2) is 24.3 Å². The van der Waals surface area contributed by atoms with Crippen LogP contribution in [-0.2, 0) is 20.9 Å². The highest BCUT2D eigenvalue weighted by Crippen LogP contribution is 2.72. The van der Waals surface area contributed by atoms with Gasteiger partial charge in [0.1, 0.15) is 0 Å². The number of rotatable bonds is 7. The van der Waals surface area contributed by atoms with Crippen molar-refractivity contribution in [2.24, 2.45) is 34.8 Å². The lowest BCUT2D eigenvalue weighted by Gasteiger charge is -2.26. The van der Waals surface area contributed by atoms with Crippen LogP contribution in [0.4, 0.5) is 0 Å². The molecule has 3 amide bonds. The molecule has 3 aliphatic rings. The Labute approximate surface area is 172 Å². The third-order valence-corrected chi connectivity index (χ3v) is 7.03. The Morgan fingerprint density at radius 3 is 2.11 bits per heavy atom. The van der Waals surface area contributed by atoms with Gasteiger partial charge in [-0.05, 0) is 47.8 Å². The van der Waals surface area contributed by atoms with Crippen LogP contribution in [0.3, 0.4) is 0 Å². The number of benzene rings is 1. The van der Waals surface area contributed by atoms with Crippen LogP contribution in [0.1, 0.15) is 24.8 Å². The van der Waals surface area contributed by atoms with Gasteiger partial charge in [-0.25, -0.2) is 0 Å². The van der Waals surface area contributed by atoms with Crippen molar-refractivity contribution in [2.75, 3.05) is 6.54 Å². The first-order valence-corrected chi connectivity index (χ1v) is 10.5. The summed E-state index contributed by atoms with van der Waals surface area (Å²) in [6.07, 6.45) is 6.49.